The highest BCUT2D eigenvalue weighted by molar-refractivity contribution is 5.95. The lowest BCUT2D eigenvalue weighted by Gasteiger charge is -2.12. The maximum Gasteiger partial charge on any atom is 0.356 e. The Hall–Kier alpha value is -3.68. The maximum absolute atomic E-state index is 13.7. The predicted octanol–water partition coefficient (Wildman–Crippen LogP) is 3.19. The number of carbonyl (C=O) groups is 2. The molecule has 1 amide bonds. The number of para-hydroxylation sites is 1. The standard InChI is InChI=1S/C20H17FN2O5/c1-26-12-7-8-15-13(9-12)18(10-17(22-15)20(25)27-2)28-11-19(24)23-16-6-4-3-5-14(16)21/h3-10H,11H2,1-2H3,(H,23,24). The van der Waals surface area contributed by atoms with E-state index < -0.39 is 24.3 Å². The Morgan fingerprint density at radius 2 is 1.89 bits per heavy atom. The van der Waals surface area contributed by atoms with Crippen molar-refractivity contribution in [3.8, 4) is 11.5 Å². The molecule has 1 N–H and O–H groups in total. The minimum atomic E-state index is -0.640. The number of hydrogen-bond donors (Lipinski definition) is 1. The number of methoxy groups -OCH3 is 2. The van der Waals surface area contributed by atoms with Gasteiger partial charge < -0.3 is 19.5 Å². The molecule has 0 saturated heterocycles. The molecule has 2 aromatic carbocycles. The Bertz CT molecular complexity index is 1040. The van der Waals surface area contributed by atoms with Crippen molar-refractivity contribution in [1.82, 2.24) is 4.98 Å². The second-order valence-electron chi connectivity index (χ2n) is 5.70. The summed E-state index contributed by atoms with van der Waals surface area (Å²) in [4.78, 5) is 28.2. The second kappa shape index (κ2) is 8.34. The van der Waals surface area contributed by atoms with Gasteiger partial charge in [0.2, 0.25) is 0 Å². The number of aromatic nitrogens is 1. The molecule has 8 heteroatoms. The Kier molecular flexibility index (Phi) is 5.69. The first-order chi connectivity index (χ1) is 13.5. The molecule has 0 radical (unpaired) electrons. The van der Waals surface area contributed by atoms with Gasteiger partial charge in [-0.25, -0.2) is 14.2 Å². The van der Waals surface area contributed by atoms with Crippen LogP contribution in [0.5, 0.6) is 11.5 Å². The van der Waals surface area contributed by atoms with Crippen LogP contribution in [0.4, 0.5) is 10.1 Å². The third kappa shape index (κ3) is 4.17. The van der Waals surface area contributed by atoms with E-state index in [9.17, 15) is 14.0 Å². The number of rotatable bonds is 6. The molecule has 1 aromatic heterocycles. The van der Waals surface area contributed by atoms with Gasteiger partial charge in [0, 0.05) is 11.5 Å². The molecule has 28 heavy (non-hydrogen) atoms. The van der Waals surface area contributed by atoms with E-state index in [1.165, 1.54) is 38.5 Å². The summed E-state index contributed by atoms with van der Waals surface area (Å²) >= 11 is 0. The fourth-order valence-corrected chi connectivity index (χ4v) is 2.52. The van der Waals surface area contributed by atoms with Gasteiger partial charge in [-0.3, -0.25) is 4.79 Å². The van der Waals surface area contributed by atoms with Crippen LogP contribution in [0.15, 0.2) is 48.5 Å². The highest BCUT2D eigenvalue weighted by Gasteiger charge is 2.15. The zero-order valence-electron chi connectivity index (χ0n) is 15.2. The van der Waals surface area contributed by atoms with E-state index in [4.69, 9.17) is 14.2 Å². The zero-order valence-corrected chi connectivity index (χ0v) is 15.2. The summed E-state index contributed by atoms with van der Waals surface area (Å²) < 4.78 is 29.1. The number of nitrogens with zero attached hydrogens (tertiary/aromatic N) is 1. The van der Waals surface area contributed by atoms with Crippen molar-refractivity contribution in [1.29, 1.82) is 0 Å². The van der Waals surface area contributed by atoms with Gasteiger partial charge in [0.1, 0.15) is 17.3 Å². The molecule has 0 atom stereocenters. The molecule has 1 heterocycles. The topological polar surface area (TPSA) is 86.8 Å². The van der Waals surface area contributed by atoms with Crippen molar-refractivity contribution in [3.63, 3.8) is 0 Å². The lowest BCUT2D eigenvalue weighted by Crippen LogP contribution is -2.21. The molecule has 0 unspecified atom stereocenters. The number of anilines is 1. The van der Waals surface area contributed by atoms with Crippen LogP contribution in [0.25, 0.3) is 10.9 Å². The molecule has 3 aromatic rings. The summed E-state index contributed by atoms with van der Waals surface area (Å²) in [5, 5.41) is 2.98. The monoisotopic (exact) mass is 384 g/mol. The molecule has 0 bridgehead atoms. The van der Waals surface area contributed by atoms with Gasteiger partial charge in [-0.2, -0.15) is 0 Å². The Labute approximate surface area is 160 Å². The molecule has 0 spiro atoms. The molecule has 3 rings (SSSR count). The molecular weight excluding hydrogens is 367 g/mol. The number of pyridine rings is 1. The smallest absolute Gasteiger partial charge is 0.356 e. The van der Waals surface area contributed by atoms with Gasteiger partial charge in [-0.05, 0) is 30.3 Å². The van der Waals surface area contributed by atoms with Crippen LogP contribution in [0.1, 0.15) is 10.5 Å². The van der Waals surface area contributed by atoms with Crippen molar-refractivity contribution in [2.45, 2.75) is 0 Å². The third-order valence-corrected chi connectivity index (χ3v) is 3.88. The lowest BCUT2D eigenvalue weighted by atomic mass is 10.1. The quantitative estimate of drug-likeness (QED) is 0.657. The first-order valence-electron chi connectivity index (χ1n) is 8.26. The van der Waals surface area contributed by atoms with Crippen molar-refractivity contribution < 1.29 is 28.2 Å². The van der Waals surface area contributed by atoms with Crippen LogP contribution in [0.2, 0.25) is 0 Å². The normalized spacial score (nSPS) is 10.4. The number of ether oxygens (including phenoxy) is 3. The van der Waals surface area contributed by atoms with Crippen molar-refractivity contribution >= 4 is 28.5 Å². The summed E-state index contributed by atoms with van der Waals surface area (Å²) in [6.07, 6.45) is 0. The maximum atomic E-state index is 13.7. The van der Waals surface area contributed by atoms with Crippen molar-refractivity contribution in [3.05, 3.63) is 60.0 Å². The fourth-order valence-electron chi connectivity index (χ4n) is 2.52. The number of hydrogen-bond acceptors (Lipinski definition) is 6. The highest BCUT2D eigenvalue weighted by atomic mass is 19.1. The number of fused-ring (bicyclic) bond motifs is 1. The van der Waals surface area contributed by atoms with Gasteiger partial charge in [0.25, 0.3) is 5.91 Å². The van der Waals surface area contributed by atoms with Gasteiger partial charge in [-0.15, -0.1) is 0 Å². The number of benzene rings is 2. The average molecular weight is 384 g/mol. The van der Waals surface area contributed by atoms with Gasteiger partial charge in [0.15, 0.2) is 12.3 Å². The number of amides is 1. The number of halogens is 1. The van der Waals surface area contributed by atoms with Crippen LogP contribution in [0, 0.1) is 5.82 Å². The second-order valence-corrected chi connectivity index (χ2v) is 5.70. The van der Waals surface area contributed by atoms with Crippen LogP contribution in [-0.2, 0) is 9.53 Å². The van der Waals surface area contributed by atoms with Crippen LogP contribution < -0.4 is 14.8 Å². The highest BCUT2D eigenvalue weighted by Crippen LogP contribution is 2.29. The lowest BCUT2D eigenvalue weighted by molar-refractivity contribution is -0.118. The first-order valence-corrected chi connectivity index (χ1v) is 8.26. The molecule has 0 saturated carbocycles. The molecule has 144 valence electrons. The number of carbonyl (C=O) groups excluding carboxylic acids is 2. The van der Waals surface area contributed by atoms with E-state index >= 15 is 0 Å². The van der Waals surface area contributed by atoms with Crippen LogP contribution in [0.3, 0.4) is 0 Å². The van der Waals surface area contributed by atoms with Crippen LogP contribution in [-0.4, -0.2) is 37.7 Å². The first kappa shape index (κ1) is 19.1. The third-order valence-electron chi connectivity index (χ3n) is 3.88. The minimum absolute atomic E-state index is 0.0321. The SMILES string of the molecule is COC(=O)c1cc(OCC(=O)Nc2ccccc2F)c2cc(OC)ccc2n1. The zero-order chi connectivity index (χ0) is 20.1. The van der Waals surface area contributed by atoms with E-state index in [1.54, 1.807) is 24.3 Å². The van der Waals surface area contributed by atoms with Crippen molar-refractivity contribution in [2.24, 2.45) is 0 Å². The van der Waals surface area contributed by atoms with E-state index in [2.05, 4.69) is 10.3 Å². The summed E-state index contributed by atoms with van der Waals surface area (Å²) in [5.41, 5.74) is 0.547. The molecule has 7 nitrogen and oxygen atoms in total. The van der Waals surface area contributed by atoms with E-state index in [1.807, 2.05) is 0 Å². The van der Waals surface area contributed by atoms with Crippen molar-refractivity contribution in [2.75, 3.05) is 26.1 Å². The molecular formula is C20H17FN2O5. The summed E-state index contributed by atoms with van der Waals surface area (Å²) in [6, 6.07) is 12.2. The largest absolute Gasteiger partial charge is 0.497 e. The summed E-state index contributed by atoms with van der Waals surface area (Å²) in [6.45, 7) is -0.398. The molecule has 0 fully saturated rings. The molecule has 0 aliphatic rings. The van der Waals surface area contributed by atoms with Gasteiger partial charge >= 0.3 is 5.97 Å². The van der Waals surface area contributed by atoms with Crippen LogP contribution >= 0.6 is 0 Å². The average Bonchev–Trinajstić information content (AvgIpc) is 2.72. The van der Waals surface area contributed by atoms with Gasteiger partial charge in [-0.1, -0.05) is 12.1 Å². The molecule has 0 aliphatic carbocycles. The Balaban J connectivity index is 1.86. The Morgan fingerprint density at radius 1 is 1.11 bits per heavy atom. The fraction of sp³-hybridized carbons (Fsp3) is 0.150. The molecule has 0 aliphatic heterocycles. The number of esters is 1. The summed E-state index contributed by atoms with van der Waals surface area (Å²) in [7, 11) is 2.75. The van der Waals surface area contributed by atoms with E-state index in [-0.39, 0.29) is 17.1 Å². The van der Waals surface area contributed by atoms with E-state index in [0.717, 1.165) is 0 Å². The predicted molar refractivity (Wildman–Crippen MR) is 100 cm³/mol. The minimum Gasteiger partial charge on any atom is -0.497 e. The summed E-state index contributed by atoms with van der Waals surface area (Å²) in [5.74, 6) is -0.951. The van der Waals surface area contributed by atoms with Gasteiger partial charge in [0.05, 0.1) is 25.4 Å². The van der Waals surface area contributed by atoms with E-state index in [0.29, 0.717) is 16.7 Å². The number of nitrogens with one attached hydrogen (secondary N) is 1. The Morgan fingerprint density at radius 3 is 2.61 bits per heavy atom.